The number of rotatable bonds is 5. The van der Waals surface area contributed by atoms with E-state index >= 15 is 0 Å². The zero-order chi connectivity index (χ0) is 12.2. The van der Waals surface area contributed by atoms with Crippen molar-refractivity contribution in [2.45, 2.75) is 13.0 Å². The first-order valence-electron chi connectivity index (χ1n) is 6.16. The lowest BCUT2D eigenvalue weighted by Gasteiger charge is -2.02. The zero-order valence-corrected chi connectivity index (χ0v) is 11.3. The minimum absolute atomic E-state index is 0. The zero-order valence-electron chi connectivity index (χ0n) is 10.5. The SMILES string of the molecule is Cl.c1ccc2c(CCNCc3cnc[nH]3)c[nH]c2c1. The number of hydrogen-bond acceptors (Lipinski definition) is 2. The monoisotopic (exact) mass is 276 g/mol. The molecule has 3 aromatic rings. The van der Waals surface area contributed by atoms with Crippen LogP contribution in [-0.2, 0) is 13.0 Å². The van der Waals surface area contributed by atoms with E-state index in [1.165, 1.54) is 16.5 Å². The molecule has 0 atom stereocenters. The first kappa shape index (κ1) is 13.6. The quantitative estimate of drug-likeness (QED) is 0.628. The Morgan fingerprint density at radius 1 is 1.16 bits per heavy atom. The van der Waals surface area contributed by atoms with E-state index in [9.17, 15) is 0 Å². The Morgan fingerprint density at radius 2 is 2.05 bits per heavy atom. The van der Waals surface area contributed by atoms with Gasteiger partial charge in [-0.2, -0.15) is 0 Å². The van der Waals surface area contributed by atoms with Crippen molar-refractivity contribution < 1.29 is 0 Å². The number of aromatic amines is 2. The highest BCUT2D eigenvalue weighted by atomic mass is 35.5. The molecule has 0 bridgehead atoms. The van der Waals surface area contributed by atoms with Gasteiger partial charge in [-0.15, -0.1) is 12.4 Å². The predicted molar refractivity (Wildman–Crippen MR) is 79.5 cm³/mol. The van der Waals surface area contributed by atoms with Crippen LogP contribution < -0.4 is 5.32 Å². The second-order valence-electron chi connectivity index (χ2n) is 4.36. The van der Waals surface area contributed by atoms with Gasteiger partial charge in [0.15, 0.2) is 0 Å². The van der Waals surface area contributed by atoms with Gasteiger partial charge in [-0.3, -0.25) is 0 Å². The average Bonchev–Trinajstić information content (AvgIpc) is 3.04. The number of nitrogens with one attached hydrogen (secondary N) is 3. The van der Waals surface area contributed by atoms with Crippen LogP contribution in [0, 0.1) is 0 Å². The van der Waals surface area contributed by atoms with Crippen LogP contribution in [0.15, 0.2) is 43.0 Å². The summed E-state index contributed by atoms with van der Waals surface area (Å²) in [5, 5.41) is 4.73. The van der Waals surface area contributed by atoms with Crippen molar-refractivity contribution in [1.29, 1.82) is 0 Å². The number of hydrogen-bond donors (Lipinski definition) is 3. The van der Waals surface area contributed by atoms with Gasteiger partial charge in [0.1, 0.15) is 0 Å². The molecule has 0 amide bonds. The van der Waals surface area contributed by atoms with E-state index in [1.54, 1.807) is 6.33 Å². The summed E-state index contributed by atoms with van der Waals surface area (Å²) in [5.74, 6) is 0. The second-order valence-corrected chi connectivity index (χ2v) is 4.36. The lowest BCUT2D eigenvalue weighted by atomic mass is 10.1. The van der Waals surface area contributed by atoms with Crippen molar-refractivity contribution >= 4 is 23.3 Å². The van der Waals surface area contributed by atoms with Crippen molar-refractivity contribution in [3.05, 3.63) is 54.2 Å². The highest BCUT2D eigenvalue weighted by Crippen LogP contribution is 2.17. The molecule has 3 rings (SSSR count). The van der Waals surface area contributed by atoms with Crippen molar-refractivity contribution in [2.75, 3.05) is 6.54 Å². The number of nitrogens with zero attached hydrogens (tertiary/aromatic N) is 1. The summed E-state index contributed by atoms with van der Waals surface area (Å²) in [5.41, 5.74) is 3.69. The largest absolute Gasteiger partial charge is 0.361 e. The average molecular weight is 277 g/mol. The molecule has 0 unspecified atom stereocenters. The van der Waals surface area contributed by atoms with Gasteiger partial charge in [-0.1, -0.05) is 18.2 Å². The third-order valence-corrected chi connectivity index (χ3v) is 3.12. The number of halogens is 1. The van der Waals surface area contributed by atoms with E-state index in [2.05, 4.69) is 50.7 Å². The molecule has 1 aromatic carbocycles. The summed E-state index contributed by atoms with van der Waals surface area (Å²) < 4.78 is 0. The fourth-order valence-corrected chi connectivity index (χ4v) is 2.17. The van der Waals surface area contributed by atoms with Gasteiger partial charge < -0.3 is 15.3 Å². The predicted octanol–water partition coefficient (Wildman–Crippen LogP) is 2.65. The number of para-hydroxylation sites is 1. The van der Waals surface area contributed by atoms with Gasteiger partial charge in [0.25, 0.3) is 0 Å². The van der Waals surface area contributed by atoms with Crippen LogP contribution in [0.4, 0.5) is 0 Å². The van der Waals surface area contributed by atoms with Crippen LogP contribution in [0.5, 0.6) is 0 Å². The summed E-state index contributed by atoms with van der Waals surface area (Å²) in [6.07, 6.45) is 6.68. The topological polar surface area (TPSA) is 56.5 Å². The highest BCUT2D eigenvalue weighted by molar-refractivity contribution is 5.85. The van der Waals surface area contributed by atoms with Gasteiger partial charge >= 0.3 is 0 Å². The van der Waals surface area contributed by atoms with Crippen LogP contribution in [-0.4, -0.2) is 21.5 Å². The number of imidazole rings is 1. The molecule has 0 saturated heterocycles. The molecule has 2 aromatic heterocycles. The van der Waals surface area contributed by atoms with Gasteiger partial charge in [0.05, 0.1) is 6.33 Å². The summed E-state index contributed by atoms with van der Waals surface area (Å²) in [7, 11) is 0. The maximum absolute atomic E-state index is 3.99. The molecule has 0 aliphatic rings. The van der Waals surface area contributed by atoms with E-state index in [-0.39, 0.29) is 12.4 Å². The molecule has 4 nitrogen and oxygen atoms in total. The maximum Gasteiger partial charge on any atom is 0.0922 e. The molecule has 0 aliphatic heterocycles. The molecule has 0 radical (unpaired) electrons. The number of aromatic nitrogens is 3. The molecule has 100 valence electrons. The lowest BCUT2D eigenvalue weighted by molar-refractivity contribution is 0.678. The van der Waals surface area contributed by atoms with Crippen molar-refractivity contribution in [3.63, 3.8) is 0 Å². The Hall–Kier alpha value is -1.78. The van der Waals surface area contributed by atoms with Gasteiger partial charge in [0.2, 0.25) is 0 Å². The maximum atomic E-state index is 3.99. The molecule has 0 spiro atoms. The fourth-order valence-electron chi connectivity index (χ4n) is 2.17. The van der Waals surface area contributed by atoms with Crippen LogP contribution in [0.1, 0.15) is 11.3 Å². The molecule has 0 aliphatic carbocycles. The van der Waals surface area contributed by atoms with Crippen molar-refractivity contribution in [2.24, 2.45) is 0 Å². The van der Waals surface area contributed by atoms with Crippen LogP contribution in [0.3, 0.4) is 0 Å². The molecule has 0 fully saturated rings. The smallest absolute Gasteiger partial charge is 0.0922 e. The molecular formula is C14H17ClN4. The first-order chi connectivity index (χ1) is 8.93. The summed E-state index contributed by atoms with van der Waals surface area (Å²) >= 11 is 0. The molecule has 19 heavy (non-hydrogen) atoms. The Kier molecular flexibility index (Phi) is 4.60. The first-order valence-corrected chi connectivity index (χ1v) is 6.16. The third kappa shape index (κ3) is 3.16. The summed E-state index contributed by atoms with van der Waals surface area (Å²) in [4.78, 5) is 10.4. The molecule has 3 N–H and O–H groups in total. The van der Waals surface area contributed by atoms with Gasteiger partial charge in [0, 0.05) is 35.5 Å². The Balaban J connectivity index is 0.00000133. The van der Waals surface area contributed by atoms with Gasteiger partial charge in [-0.25, -0.2) is 4.98 Å². The van der Waals surface area contributed by atoms with E-state index in [0.717, 1.165) is 25.2 Å². The summed E-state index contributed by atoms with van der Waals surface area (Å²) in [6.45, 7) is 1.79. The van der Waals surface area contributed by atoms with E-state index in [1.807, 2.05) is 6.20 Å². The Morgan fingerprint density at radius 3 is 2.89 bits per heavy atom. The molecule has 2 heterocycles. The summed E-state index contributed by atoms with van der Waals surface area (Å²) in [6, 6.07) is 8.41. The highest BCUT2D eigenvalue weighted by Gasteiger charge is 2.02. The minimum Gasteiger partial charge on any atom is -0.361 e. The number of H-pyrrole nitrogens is 2. The standard InChI is InChI=1S/C14H16N4.ClH/c1-2-4-14-13(3-1)11(7-17-14)5-6-15-8-12-9-16-10-18-12;/h1-4,7,9-10,15,17H,5-6,8H2,(H,16,18);1H. The number of benzene rings is 1. The Bertz CT molecular complexity index is 615. The molecular weight excluding hydrogens is 260 g/mol. The lowest BCUT2D eigenvalue weighted by Crippen LogP contribution is -2.16. The minimum atomic E-state index is 0. The van der Waals surface area contributed by atoms with Crippen LogP contribution in [0.2, 0.25) is 0 Å². The van der Waals surface area contributed by atoms with E-state index in [4.69, 9.17) is 0 Å². The van der Waals surface area contributed by atoms with Crippen LogP contribution in [0.25, 0.3) is 10.9 Å². The number of fused-ring (bicyclic) bond motifs is 1. The van der Waals surface area contributed by atoms with Crippen molar-refractivity contribution in [3.8, 4) is 0 Å². The molecule has 5 heteroatoms. The normalized spacial score (nSPS) is 10.5. The third-order valence-electron chi connectivity index (χ3n) is 3.12. The Labute approximate surface area is 118 Å². The molecule has 0 saturated carbocycles. The fraction of sp³-hybridized carbons (Fsp3) is 0.214. The second kappa shape index (κ2) is 6.41. The van der Waals surface area contributed by atoms with Crippen LogP contribution >= 0.6 is 12.4 Å². The van der Waals surface area contributed by atoms with Gasteiger partial charge in [-0.05, 0) is 24.6 Å². The van der Waals surface area contributed by atoms with E-state index in [0.29, 0.717) is 0 Å². The van der Waals surface area contributed by atoms with E-state index < -0.39 is 0 Å². The van der Waals surface area contributed by atoms with Crippen molar-refractivity contribution in [1.82, 2.24) is 20.3 Å².